The molecule has 160 valence electrons. The van der Waals surface area contributed by atoms with Crippen LogP contribution in [0.4, 0.5) is 4.39 Å². The smallest absolute Gasteiger partial charge is 0.359 e. The average Bonchev–Trinajstić information content (AvgIpc) is 3.39. The Hall–Kier alpha value is -3.48. The van der Waals surface area contributed by atoms with E-state index in [1.54, 1.807) is 16.8 Å². The minimum atomic E-state index is -0.594. The van der Waals surface area contributed by atoms with Crippen LogP contribution in [0.5, 0.6) is 0 Å². The summed E-state index contributed by atoms with van der Waals surface area (Å²) in [6.45, 7) is 2.12. The first kappa shape index (κ1) is 20.8. The Bertz CT molecular complexity index is 1090. The second kappa shape index (κ2) is 9.12. The van der Waals surface area contributed by atoms with Crippen LogP contribution in [-0.4, -0.2) is 39.7 Å². The van der Waals surface area contributed by atoms with E-state index >= 15 is 0 Å². The largest absolute Gasteiger partial charge is 0.451 e. The normalized spacial score (nSPS) is 12.5. The highest BCUT2D eigenvalue weighted by molar-refractivity contribution is 5.91. The van der Waals surface area contributed by atoms with E-state index in [1.807, 2.05) is 37.3 Å². The van der Waals surface area contributed by atoms with Gasteiger partial charge in [0.25, 0.3) is 5.91 Å². The van der Waals surface area contributed by atoms with Crippen molar-refractivity contribution in [2.75, 3.05) is 13.2 Å². The predicted octanol–water partition coefficient (Wildman–Crippen LogP) is 3.71. The fourth-order valence-corrected chi connectivity index (χ4v) is 3.90. The molecule has 2 aromatic carbocycles. The zero-order valence-electron chi connectivity index (χ0n) is 17.4. The average molecular weight is 421 g/mol. The molecule has 3 aromatic rings. The van der Waals surface area contributed by atoms with Gasteiger partial charge in [-0.15, -0.1) is 0 Å². The van der Waals surface area contributed by atoms with Crippen LogP contribution in [-0.2, 0) is 28.9 Å². The molecular weight excluding hydrogens is 397 g/mol. The number of hydrogen-bond donors (Lipinski definition) is 0. The monoisotopic (exact) mass is 421 g/mol. The Kier molecular flexibility index (Phi) is 6.11. The van der Waals surface area contributed by atoms with Crippen molar-refractivity contribution in [2.24, 2.45) is 0 Å². The molecule has 1 aromatic heterocycles. The first-order chi connectivity index (χ1) is 15.1. The van der Waals surface area contributed by atoms with Gasteiger partial charge in [-0.25, -0.2) is 13.9 Å². The first-order valence-corrected chi connectivity index (χ1v) is 10.4. The van der Waals surface area contributed by atoms with Gasteiger partial charge in [-0.05, 0) is 56.0 Å². The third-order valence-corrected chi connectivity index (χ3v) is 5.45. The van der Waals surface area contributed by atoms with Gasteiger partial charge in [-0.2, -0.15) is 5.10 Å². The number of amides is 1. The second-order valence-corrected chi connectivity index (χ2v) is 7.49. The number of halogens is 1. The number of rotatable bonds is 7. The van der Waals surface area contributed by atoms with Crippen LogP contribution in [0.15, 0.2) is 54.6 Å². The van der Waals surface area contributed by atoms with Crippen LogP contribution in [0.2, 0.25) is 0 Å². The Labute approximate surface area is 180 Å². The fraction of sp³-hybridized carbons (Fsp3) is 0.292. The van der Waals surface area contributed by atoms with Crippen molar-refractivity contribution in [1.82, 2.24) is 14.7 Å². The van der Waals surface area contributed by atoms with Crippen molar-refractivity contribution in [1.29, 1.82) is 0 Å². The Balaban J connectivity index is 1.44. The van der Waals surface area contributed by atoms with Crippen molar-refractivity contribution in [2.45, 2.75) is 32.7 Å². The number of para-hydroxylation sites is 1. The number of ether oxygens (including phenoxy) is 1. The zero-order valence-corrected chi connectivity index (χ0v) is 17.4. The lowest BCUT2D eigenvalue weighted by Crippen LogP contribution is -2.34. The van der Waals surface area contributed by atoms with Gasteiger partial charge in [0, 0.05) is 24.3 Å². The highest BCUT2D eigenvalue weighted by atomic mass is 19.1. The molecule has 7 heteroatoms. The number of carbonyl (C=O) groups excluding carboxylic acids is 2. The summed E-state index contributed by atoms with van der Waals surface area (Å²) in [6.07, 6.45) is 2.57. The quantitative estimate of drug-likeness (QED) is 0.546. The summed E-state index contributed by atoms with van der Waals surface area (Å²) in [5.41, 5.74) is 3.76. The summed E-state index contributed by atoms with van der Waals surface area (Å²) < 4.78 is 20.5. The molecule has 6 nitrogen and oxygen atoms in total. The van der Waals surface area contributed by atoms with Crippen molar-refractivity contribution in [3.8, 4) is 5.69 Å². The summed E-state index contributed by atoms with van der Waals surface area (Å²) in [6, 6.07) is 15.8. The molecule has 0 unspecified atom stereocenters. The zero-order chi connectivity index (χ0) is 21.8. The fourth-order valence-electron chi connectivity index (χ4n) is 3.90. The van der Waals surface area contributed by atoms with Gasteiger partial charge in [0.2, 0.25) is 0 Å². The van der Waals surface area contributed by atoms with E-state index in [1.165, 1.54) is 17.0 Å². The van der Waals surface area contributed by atoms with E-state index in [9.17, 15) is 14.0 Å². The number of benzene rings is 2. The molecule has 0 bridgehead atoms. The molecule has 0 radical (unpaired) electrons. The van der Waals surface area contributed by atoms with Crippen molar-refractivity contribution in [3.63, 3.8) is 0 Å². The molecule has 0 spiro atoms. The summed E-state index contributed by atoms with van der Waals surface area (Å²) in [4.78, 5) is 26.9. The highest BCUT2D eigenvalue weighted by Crippen LogP contribution is 2.28. The van der Waals surface area contributed by atoms with E-state index in [-0.39, 0.29) is 30.6 Å². The van der Waals surface area contributed by atoms with Gasteiger partial charge < -0.3 is 9.64 Å². The first-order valence-electron chi connectivity index (χ1n) is 10.4. The molecule has 0 saturated heterocycles. The third kappa shape index (κ3) is 4.50. The van der Waals surface area contributed by atoms with Gasteiger partial charge in [-0.1, -0.05) is 30.3 Å². The minimum absolute atomic E-state index is 0.253. The molecule has 1 aliphatic rings. The number of nitrogens with zero attached hydrogens (tertiary/aromatic N) is 3. The summed E-state index contributed by atoms with van der Waals surface area (Å²) >= 11 is 0. The SMILES string of the molecule is CCN(Cc1cccc(F)c1)C(=O)COC(=O)c1nn(-c2ccccc2)c2c1CCC2. The summed E-state index contributed by atoms with van der Waals surface area (Å²) in [5.74, 6) is -1.28. The van der Waals surface area contributed by atoms with Crippen LogP contribution >= 0.6 is 0 Å². The van der Waals surface area contributed by atoms with Crippen molar-refractivity contribution >= 4 is 11.9 Å². The maximum Gasteiger partial charge on any atom is 0.359 e. The number of aromatic nitrogens is 2. The van der Waals surface area contributed by atoms with Crippen LogP contribution in [0.3, 0.4) is 0 Å². The Morgan fingerprint density at radius 2 is 1.94 bits per heavy atom. The Morgan fingerprint density at radius 3 is 2.68 bits per heavy atom. The van der Waals surface area contributed by atoms with Gasteiger partial charge in [0.15, 0.2) is 12.3 Å². The van der Waals surface area contributed by atoms with Gasteiger partial charge >= 0.3 is 5.97 Å². The topological polar surface area (TPSA) is 64.4 Å². The number of likely N-dealkylation sites (N-methyl/N-ethyl adjacent to an activating group) is 1. The van der Waals surface area contributed by atoms with E-state index in [0.717, 1.165) is 36.2 Å². The van der Waals surface area contributed by atoms with E-state index in [0.29, 0.717) is 12.1 Å². The maximum absolute atomic E-state index is 13.4. The molecule has 0 aliphatic heterocycles. The number of hydrogen-bond acceptors (Lipinski definition) is 4. The summed E-state index contributed by atoms with van der Waals surface area (Å²) in [7, 11) is 0. The molecule has 1 heterocycles. The van der Waals surface area contributed by atoms with E-state index in [2.05, 4.69) is 5.10 Å². The highest BCUT2D eigenvalue weighted by Gasteiger charge is 2.28. The predicted molar refractivity (Wildman–Crippen MR) is 113 cm³/mol. The number of esters is 1. The lowest BCUT2D eigenvalue weighted by atomic mass is 10.2. The second-order valence-electron chi connectivity index (χ2n) is 7.49. The molecular formula is C24H24FN3O3. The molecule has 0 fully saturated rings. The van der Waals surface area contributed by atoms with Crippen LogP contribution in [0.1, 0.15) is 40.7 Å². The van der Waals surface area contributed by atoms with Crippen LogP contribution in [0.25, 0.3) is 5.69 Å². The number of carbonyl (C=O) groups is 2. The Morgan fingerprint density at radius 1 is 1.13 bits per heavy atom. The van der Waals surface area contributed by atoms with Gasteiger partial charge in [0.05, 0.1) is 5.69 Å². The van der Waals surface area contributed by atoms with Gasteiger partial charge in [0.1, 0.15) is 5.82 Å². The standard InChI is InChI=1S/C24H24FN3O3/c1-2-27(15-17-8-6-9-18(25)14-17)22(29)16-31-24(30)23-20-12-7-13-21(20)28(26-23)19-10-4-3-5-11-19/h3-6,8-11,14H,2,7,12-13,15-16H2,1H3. The lowest BCUT2D eigenvalue weighted by Gasteiger charge is -2.20. The van der Waals surface area contributed by atoms with Crippen LogP contribution in [0, 0.1) is 5.82 Å². The van der Waals surface area contributed by atoms with Crippen molar-refractivity contribution < 1.29 is 18.7 Å². The maximum atomic E-state index is 13.4. The van der Waals surface area contributed by atoms with E-state index < -0.39 is 5.97 Å². The minimum Gasteiger partial charge on any atom is -0.451 e. The number of fused-ring (bicyclic) bond motifs is 1. The molecule has 0 atom stereocenters. The molecule has 31 heavy (non-hydrogen) atoms. The summed E-state index contributed by atoms with van der Waals surface area (Å²) in [5, 5.41) is 4.50. The molecule has 0 saturated carbocycles. The molecule has 1 aliphatic carbocycles. The van der Waals surface area contributed by atoms with E-state index in [4.69, 9.17) is 4.74 Å². The van der Waals surface area contributed by atoms with Gasteiger partial charge in [-0.3, -0.25) is 4.79 Å². The lowest BCUT2D eigenvalue weighted by molar-refractivity contribution is -0.135. The van der Waals surface area contributed by atoms with Crippen LogP contribution < -0.4 is 0 Å². The molecule has 1 amide bonds. The molecule has 0 N–H and O–H groups in total. The van der Waals surface area contributed by atoms with Crippen molar-refractivity contribution in [3.05, 3.63) is 82.9 Å². The molecule has 4 rings (SSSR count). The third-order valence-electron chi connectivity index (χ3n) is 5.45.